The van der Waals surface area contributed by atoms with E-state index in [1.165, 1.54) is 5.56 Å². The van der Waals surface area contributed by atoms with Crippen LogP contribution in [-0.4, -0.2) is 30.2 Å². The maximum atomic E-state index is 13.4. The van der Waals surface area contributed by atoms with Crippen molar-refractivity contribution in [1.82, 2.24) is 4.90 Å². The lowest BCUT2D eigenvalue weighted by molar-refractivity contribution is 0.0779. The molecule has 0 aromatic heterocycles. The molecule has 0 aliphatic heterocycles. The third-order valence-corrected chi connectivity index (χ3v) is 4.27. The third-order valence-electron chi connectivity index (χ3n) is 4.27. The van der Waals surface area contributed by atoms with Gasteiger partial charge in [0.15, 0.2) is 0 Å². The van der Waals surface area contributed by atoms with Gasteiger partial charge in [0.2, 0.25) is 0 Å². The van der Waals surface area contributed by atoms with Gasteiger partial charge in [0, 0.05) is 6.04 Å². The van der Waals surface area contributed by atoms with Crippen LogP contribution in [0.1, 0.15) is 42.9 Å². The quantitative estimate of drug-likeness (QED) is 0.906. The summed E-state index contributed by atoms with van der Waals surface area (Å²) in [4.78, 5) is 2.22. The molecule has 19 heavy (non-hydrogen) atoms. The number of aliphatic hydroxyl groups is 1. The maximum Gasteiger partial charge on any atom is 0.126 e. The van der Waals surface area contributed by atoms with Crippen molar-refractivity contribution in [3.05, 3.63) is 35.1 Å². The van der Waals surface area contributed by atoms with Gasteiger partial charge < -0.3 is 10.0 Å². The number of rotatable bonds is 3. The predicted molar refractivity (Wildman–Crippen MR) is 75.5 cm³/mol. The fourth-order valence-corrected chi connectivity index (χ4v) is 3.26. The highest BCUT2D eigenvalue weighted by atomic mass is 19.1. The molecule has 1 aliphatic rings. The van der Waals surface area contributed by atoms with E-state index in [0.29, 0.717) is 17.5 Å². The van der Waals surface area contributed by atoms with E-state index < -0.39 is 0 Å². The second kappa shape index (κ2) is 6.02. The summed E-state index contributed by atoms with van der Waals surface area (Å²) in [5, 5.41) is 9.64. The van der Waals surface area contributed by atoms with Crippen LogP contribution in [0, 0.1) is 18.7 Å². The zero-order valence-electron chi connectivity index (χ0n) is 12.1. The molecule has 0 bridgehead atoms. The zero-order chi connectivity index (χ0) is 14.0. The van der Waals surface area contributed by atoms with Gasteiger partial charge in [0.05, 0.1) is 6.10 Å². The highest BCUT2D eigenvalue weighted by Crippen LogP contribution is 2.37. The summed E-state index contributed by atoms with van der Waals surface area (Å²) in [6.07, 6.45) is 3.72. The topological polar surface area (TPSA) is 23.5 Å². The zero-order valence-corrected chi connectivity index (χ0v) is 12.1. The lowest BCUT2D eigenvalue weighted by atomic mass is 9.79. The fourth-order valence-electron chi connectivity index (χ4n) is 3.26. The van der Waals surface area contributed by atoms with E-state index in [1.54, 1.807) is 6.07 Å². The van der Waals surface area contributed by atoms with Crippen molar-refractivity contribution in [2.75, 3.05) is 14.1 Å². The minimum absolute atomic E-state index is 0.131. The fraction of sp³-hybridized carbons (Fsp3) is 0.625. The SMILES string of the molecule is Cc1cc(C(C2CCC(O)CC2)N(C)C)ccc1F. The number of aliphatic hydroxyl groups excluding tert-OH is 1. The molecule has 2 nitrogen and oxygen atoms in total. The largest absolute Gasteiger partial charge is 0.393 e. The minimum Gasteiger partial charge on any atom is -0.393 e. The first kappa shape index (κ1) is 14.5. The summed E-state index contributed by atoms with van der Waals surface area (Å²) in [5.41, 5.74) is 1.89. The number of benzene rings is 1. The van der Waals surface area contributed by atoms with Crippen molar-refractivity contribution in [1.29, 1.82) is 0 Å². The smallest absolute Gasteiger partial charge is 0.126 e. The second-order valence-electron chi connectivity index (χ2n) is 5.99. The van der Waals surface area contributed by atoms with Gasteiger partial charge in [-0.25, -0.2) is 4.39 Å². The van der Waals surface area contributed by atoms with Crippen molar-refractivity contribution >= 4 is 0 Å². The number of halogens is 1. The number of nitrogens with zero attached hydrogens (tertiary/aromatic N) is 1. The first-order valence-corrected chi connectivity index (χ1v) is 7.09. The molecule has 1 fully saturated rings. The second-order valence-corrected chi connectivity index (χ2v) is 5.99. The molecule has 1 N–H and O–H groups in total. The molecule has 0 amide bonds. The van der Waals surface area contributed by atoms with Gasteiger partial charge in [0.1, 0.15) is 5.82 Å². The Morgan fingerprint density at radius 3 is 2.37 bits per heavy atom. The Kier molecular flexibility index (Phi) is 4.58. The average Bonchev–Trinajstić information content (AvgIpc) is 2.36. The van der Waals surface area contributed by atoms with Crippen molar-refractivity contribution < 1.29 is 9.50 Å². The van der Waals surface area contributed by atoms with E-state index in [9.17, 15) is 9.50 Å². The summed E-state index contributed by atoms with van der Waals surface area (Å²) in [6.45, 7) is 1.82. The molecule has 1 aromatic rings. The van der Waals surface area contributed by atoms with Gasteiger partial charge >= 0.3 is 0 Å². The molecule has 0 saturated heterocycles. The monoisotopic (exact) mass is 265 g/mol. The maximum absolute atomic E-state index is 13.4. The van der Waals surface area contributed by atoms with Gasteiger partial charge in [-0.3, -0.25) is 0 Å². The van der Waals surface area contributed by atoms with Gasteiger partial charge in [-0.15, -0.1) is 0 Å². The molecular formula is C16H24FNO. The molecule has 1 atom stereocenters. The van der Waals surface area contributed by atoms with Crippen LogP contribution >= 0.6 is 0 Å². The van der Waals surface area contributed by atoms with Gasteiger partial charge in [-0.05, 0) is 69.8 Å². The molecule has 1 unspecified atom stereocenters. The van der Waals surface area contributed by atoms with E-state index in [2.05, 4.69) is 19.0 Å². The van der Waals surface area contributed by atoms with Crippen molar-refractivity contribution in [2.45, 2.75) is 44.8 Å². The van der Waals surface area contributed by atoms with Crippen LogP contribution in [0.4, 0.5) is 4.39 Å². The van der Waals surface area contributed by atoms with E-state index in [-0.39, 0.29) is 11.9 Å². The molecule has 1 aromatic carbocycles. The highest BCUT2D eigenvalue weighted by molar-refractivity contribution is 5.27. The Balaban J connectivity index is 2.22. The van der Waals surface area contributed by atoms with Gasteiger partial charge in [0.25, 0.3) is 0 Å². The highest BCUT2D eigenvalue weighted by Gasteiger charge is 2.29. The molecule has 0 heterocycles. The van der Waals surface area contributed by atoms with Crippen LogP contribution in [0.5, 0.6) is 0 Å². The Bertz CT molecular complexity index is 425. The molecule has 3 heteroatoms. The first-order chi connectivity index (χ1) is 8.99. The van der Waals surface area contributed by atoms with Crippen molar-refractivity contribution in [3.8, 4) is 0 Å². The third kappa shape index (κ3) is 3.34. The van der Waals surface area contributed by atoms with Gasteiger partial charge in [-0.2, -0.15) is 0 Å². The molecule has 1 aliphatic carbocycles. The Labute approximate surface area is 115 Å². The van der Waals surface area contributed by atoms with Gasteiger partial charge in [-0.1, -0.05) is 12.1 Å². The summed E-state index contributed by atoms with van der Waals surface area (Å²) in [7, 11) is 4.16. The van der Waals surface area contributed by atoms with Crippen LogP contribution in [0.25, 0.3) is 0 Å². The summed E-state index contributed by atoms with van der Waals surface area (Å²) in [6, 6.07) is 5.74. The number of hydrogen-bond donors (Lipinski definition) is 1. The van der Waals surface area contributed by atoms with E-state index >= 15 is 0 Å². The number of aryl methyl sites for hydroxylation is 1. The number of hydrogen-bond acceptors (Lipinski definition) is 2. The summed E-state index contributed by atoms with van der Waals surface area (Å²) >= 11 is 0. The van der Waals surface area contributed by atoms with Crippen molar-refractivity contribution in [2.24, 2.45) is 5.92 Å². The first-order valence-electron chi connectivity index (χ1n) is 7.09. The van der Waals surface area contributed by atoms with E-state index in [0.717, 1.165) is 25.7 Å². The van der Waals surface area contributed by atoms with Crippen LogP contribution in [-0.2, 0) is 0 Å². The molecule has 1 saturated carbocycles. The van der Waals surface area contributed by atoms with Crippen LogP contribution in [0.15, 0.2) is 18.2 Å². The molecule has 0 radical (unpaired) electrons. The molecule has 0 spiro atoms. The van der Waals surface area contributed by atoms with Crippen molar-refractivity contribution in [3.63, 3.8) is 0 Å². The Hall–Kier alpha value is -0.930. The Morgan fingerprint density at radius 1 is 1.21 bits per heavy atom. The van der Waals surface area contributed by atoms with E-state index in [1.807, 2.05) is 19.1 Å². The Morgan fingerprint density at radius 2 is 1.84 bits per heavy atom. The van der Waals surface area contributed by atoms with Crippen LogP contribution in [0.2, 0.25) is 0 Å². The lowest BCUT2D eigenvalue weighted by Crippen LogP contribution is -2.31. The molecule has 2 rings (SSSR count). The molecular weight excluding hydrogens is 241 g/mol. The standard InChI is InChI=1S/C16H24FNO/c1-11-10-13(6-9-15(11)17)16(18(2)3)12-4-7-14(19)8-5-12/h6,9-10,12,14,16,19H,4-5,7-8H2,1-3H3. The minimum atomic E-state index is -0.139. The molecule has 106 valence electrons. The summed E-state index contributed by atoms with van der Waals surface area (Å²) in [5.74, 6) is 0.406. The average molecular weight is 265 g/mol. The lowest BCUT2D eigenvalue weighted by Gasteiger charge is -2.36. The normalized spacial score (nSPS) is 25.6. The van der Waals surface area contributed by atoms with E-state index in [4.69, 9.17) is 0 Å². The summed E-state index contributed by atoms with van der Waals surface area (Å²) < 4.78 is 13.4. The predicted octanol–water partition coefficient (Wildman–Crippen LogP) is 3.29. The van der Waals surface area contributed by atoms with Crippen LogP contribution in [0.3, 0.4) is 0 Å². The van der Waals surface area contributed by atoms with Crippen LogP contribution < -0.4 is 0 Å².